The van der Waals surface area contributed by atoms with Gasteiger partial charge in [-0.25, -0.2) is 0 Å². The number of hydrogen-bond acceptors (Lipinski definition) is 5. The quantitative estimate of drug-likeness (QED) is 0.546. The van der Waals surface area contributed by atoms with E-state index in [1.807, 2.05) is 11.4 Å². The van der Waals surface area contributed by atoms with Gasteiger partial charge in [0.25, 0.3) is 10.2 Å². The van der Waals surface area contributed by atoms with Crippen LogP contribution in [-0.2, 0) is 21.5 Å². The van der Waals surface area contributed by atoms with Crippen molar-refractivity contribution < 1.29 is 13.2 Å². The van der Waals surface area contributed by atoms with Crippen LogP contribution in [0.1, 0.15) is 10.4 Å². The van der Waals surface area contributed by atoms with Gasteiger partial charge in [-0.15, -0.1) is 11.3 Å². The molecule has 1 rings (SSSR count). The monoisotopic (exact) mass is 317 g/mol. The number of methoxy groups -OCH3 is 1. The van der Waals surface area contributed by atoms with E-state index in [0.717, 1.165) is 10.4 Å². The highest BCUT2D eigenvalue weighted by molar-refractivity contribution is 7.87. The van der Waals surface area contributed by atoms with Crippen molar-refractivity contribution in [2.45, 2.75) is 6.54 Å². The first-order chi connectivity index (χ1) is 9.49. The van der Waals surface area contributed by atoms with E-state index in [9.17, 15) is 8.42 Å². The van der Waals surface area contributed by atoms with E-state index in [1.54, 1.807) is 0 Å². The van der Waals surface area contributed by atoms with Gasteiger partial charge in [0.15, 0.2) is 0 Å². The molecule has 0 spiro atoms. The Morgan fingerprint density at radius 3 is 2.95 bits per heavy atom. The highest BCUT2D eigenvalue weighted by Gasteiger charge is 2.17. The second kappa shape index (κ2) is 8.36. The zero-order chi connectivity index (χ0) is 15.0. The summed E-state index contributed by atoms with van der Waals surface area (Å²) in [6.07, 6.45) is 0. The topological polar surface area (TPSA) is 84.7 Å². The van der Waals surface area contributed by atoms with Gasteiger partial charge in [0.05, 0.1) is 18.0 Å². The van der Waals surface area contributed by atoms with Gasteiger partial charge in [-0.1, -0.05) is 11.8 Å². The maximum absolute atomic E-state index is 11.9. The molecule has 0 aliphatic rings. The first kappa shape index (κ1) is 17.1. The molecular formula is C12H19N3O3S2. The fourth-order valence-corrected chi connectivity index (χ4v) is 3.04. The molecule has 0 amide bonds. The Labute approximate surface area is 124 Å². The van der Waals surface area contributed by atoms with Crippen molar-refractivity contribution in [2.24, 2.45) is 5.73 Å². The summed E-state index contributed by atoms with van der Waals surface area (Å²) < 4.78 is 32.3. The number of nitrogens with one attached hydrogen (secondary N) is 1. The van der Waals surface area contributed by atoms with Gasteiger partial charge in [-0.05, 0) is 17.0 Å². The van der Waals surface area contributed by atoms with Crippen LogP contribution in [0.15, 0.2) is 11.4 Å². The molecule has 0 saturated carbocycles. The molecule has 112 valence electrons. The standard InChI is InChI=1S/C12H19N3O3S2/c1-15(20(16,17)14-6-7-18-2)9-11-8-12(19-10-11)4-3-5-13/h8,10,14H,5-7,9,13H2,1-2H3. The number of rotatable bonds is 7. The molecule has 0 unspecified atom stereocenters. The van der Waals surface area contributed by atoms with Gasteiger partial charge in [-0.2, -0.15) is 17.4 Å². The molecule has 0 aliphatic heterocycles. The van der Waals surface area contributed by atoms with Gasteiger partial charge in [-0.3, -0.25) is 0 Å². The lowest BCUT2D eigenvalue weighted by Gasteiger charge is -2.16. The molecule has 0 fully saturated rings. The van der Waals surface area contributed by atoms with Gasteiger partial charge >= 0.3 is 0 Å². The summed E-state index contributed by atoms with van der Waals surface area (Å²) in [4.78, 5) is 0.878. The largest absolute Gasteiger partial charge is 0.383 e. The third-order valence-corrected chi connectivity index (χ3v) is 4.79. The van der Waals surface area contributed by atoms with Crippen LogP contribution in [0.5, 0.6) is 0 Å². The first-order valence-electron chi connectivity index (χ1n) is 5.96. The van der Waals surface area contributed by atoms with E-state index in [4.69, 9.17) is 10.5 Å². The summed E-state index contributed by atoms with van der Waals surface area (Å²) in [6, 6.07) is 1.87. The van der Waals surface area contributed by atoms with E-state index in [2.05, 4.69) is 16.6 Å². The molecule has 1 heterocycles. The molecular weight excluding hydrogens is 298 g/mol. The van der Waals surface area contributed by atoms with Crippen LogP contribution in [0, 0.1) is 11.8 Å². The van der Waals surface area contributed by atoms with E-state index >= 15 is 0 Å². The zero-order valence-corrected chi connectivity index (χ0v) is 13.2. The molecule has 0 aliphatic carbocycles. The molecule has 3 N–H and O–H groups in total. The number of thiophene rings is 1. The number of ether oxygens (including phenoxy) is 1. The van der Waals surface area contributed by atoms with E-state index in [1.165, 1.54) is 29.8 Å². The van der Waals surface area contributed by atoms with Gasteiger partial charge in [0.2, 0.25) is 0 Å². The molecule has 0 bridgehead atoms. The molecule has 0 aromatic carbocycles. The summed E-state index contributed by atoms with van der Waals surface area (Å²) >= 11 is 1.47. The van der Waals surface area contributed by atoms with Crippen molar-refractivity contribution in [1.82, 2.24) is 9.03 Å². The van der Waals surface area contributed by atoms with Crippen LogP contribution in [-0.4, -0.2) is 46.6 Å². The van der Waals surface area contributed by atoms with Crippen LogP contribution < -0.4 is 10.5 Å². The normalized spacial score (nSPS) is 11.4. The molecule has 6 nitrogen and oxygen atoms in total. The van der Waals surface area contributed by atoms with Crippen molar-refractivity contribution in [3.8, 4) is 11.8 Å². The lowest BCUT2D eigenvalue weighted by atomic mass is 10.3. The van der Waals surface area contributed by atoms with Gasteiger partial charge in [0.1, 0.15) is 0 Å². The van der Waals surface area contributed by atoms with Crippen molar-refractivity contribution >= 4 is 21.5 Å². The Hall–Kier alpha value is -0.950. The first-order valence-corrected chi connectivity index (χ1v) is 8.27. The fraction of sp³-hybridized carbons (Fsp3) is 0.500. The van der Waals surface area contributed by atoms with E-state index in [-0.39, 0.29) is 6.54 Å². The number of hydrogen-bond donors (Lipinski definition) is 2. The molecule has 0 radical (unpaired) electrons. The number of nitrogens with two attached hydrogens (primary N) is 1. The average Bonchev–Trinajstić information content (AvgIpc) is 2.84. The van der Waals surface area contributed by atoms with Crippen LogP contribution in [0.25, 0.3) is 0 Å². The van der Waals surface area contributed by atoms with Crippen molar-refractivity contribution in [1.29, 1.82) is 0 Å². The summed E-state index contributed by atoms with van der Waals surface area (Å²) in [5.41, 5.74) is 6.20. The Morgan fingerprint density at radius 2 is 2.30 bits per heavy atom. The summed E-state index contributed by atoms with van der Waals surface area (Å²) in [5.74, 6) is 5.69. The van der Waals surface area contributed by atoms with Crippen molar-refractivity contribution in [3.05, 3.63) is 21.9 Å². The zero-order valence-electron chi connectivity index (χ0n) is 11.5. The summed E-state index contributed by atoms with van der Waals surface area (Å²) in [7, 11) is -0.440. The smallest absolute Gasteiger partial charge is 0.279 e. The highest BCUT2D eigenvalue weighted by atomic mass is 32.2. The summed E-state index contributed by atoms with van der Waals surface area (Å²) in [6.45, 7) is 1.19. The van der Waals surface area contributed by atoms with Crippen LogP contribution in [0.2, 0.25) is 0 Å². The molecule has 0 atom stereocenters. The third-order valence-electron chi connectivity index (χ3n) is 2.37. The Kier molecular flexibility index (Phi) is 7.15. The van der Waals surface area contributed by atoms with Crippen molar-refractivity contribution in [3.63, 3.8) is 0 Å². The Bertz CT molecular complexity index is 572. The highest BCUT2D eigenvalue weighted by Crippen LogP contribution is 2.15. The maximum Gasteiger partial charge on any atom is 0.279 e. The lowest BCUT2D eigenvalue weighted by molar-refractivity contribution is 0.204. The van der Waals surface area contributed by atoms with Crippen LogP contribution in [0.4, 0.5) is 0 Å². The predicted molar refractivity (Wildman–Crippen MR) is 80.5 cm³/mol. The van der Waals surface area contributed by atoms with Gasteiger partial charge in [0, 0.05) is 27.2 Å². The minimum atomic E-state index is -3.49. The second-order valence-corrected chi connectivity index (χ2v) is 6.75. The summed E-state index contributed by atoms with van der Waals surface area (Å²) in [5, 5.41) is 1.89. The molecule has 1 aromatic heterocycles. The second-order valence-electron chi connectivity index (χ2n) is 3.97. The van der Waals surface area contributed by atoms with E-state index < -0.39 is 10.2 Å². The molecule has 8 heteroatoms. The molecule has 20 heavy (non-hydrogen) atoms. The fourth-order valence-electron chi connectivity index (χ4n) is 1.39. The predicted octanol–water partition coefficient (Wildman–Crippen LogP) is -0.0291. The van der Waals surface area contributed by atoms with Crippen molar-refractivity contribution in [2.75, 3.05) is 33.9 Å². The lowest BCUT2D eigenvalue weighted by Crippen LogP contribution is -2.39. The molecule has 1 aromatic rings. The minimum Gasteiger partial charge on any atom is -0.383 e. The SMILES string of the molecule is COCCNS(=O)(=O)N(C)Cc1csc(C#CCN)c1. The van der Waals surface area contributed by atoms with Crippen LogP contribution >= 0.6 is 11.3 Å². The van der Waals surface area contributed by atoms with Gasteiger partial charge < -0.3 is 10.5 Å². The minimum absolute atomic E-state index is 0.250. The molecule has 0 saturated heterocycles. The van der Waals surface area contributed by atoms with E-state index in [0.29, 0.717) is 19.7 Å². The average molecular weight is 317 g/mol. The third kappa shape index (κ3) is 5.58. The Morgan fingerprint density at radius 1 is 1.55 bits per heavy atom. The number of nitrogens with zero attached hydrogens (tertiary/aromatic N) is 1. The maximum atomic E-state index is 11.9. The Balaban J connectivity index is 2.60. The van der Waals surface area contributed by atoms with Crippen LogP contribution in [0.3, 0.4) is 0 Å².